The van der Waals surface area contributed by atoms with Crippen molar-refractivity contribution >= 4 is 34.9 Å². The first kappa shape index (κ1) is 18.6. The summed E-state index contributed by atoms with van der Waals surface area (Å²) in [5.74, 6) is 0.0130. The molecule has 4 rings (SSSR count). The summed E-state index contributed by atoms with van der Waals surface area (Å²) in [6.45, 7) is 4.19. The molecular formula is C21H23ClN4O2. The summed E-state index contributed by atoms with van der Waals surface area (Å²) in [6, 6.07) is 17.2. The molecule has 0 unspecified atom stereocenters. The number of benzene rings is 2. The van der Waals surface area contributed by atoms with Crippen LogP contribution < -0.4 is 9.80 Å². The zero-order valence-corrected chi connectivity index (χ0v) is 16.4. The van der Waals surface area contributed by atoms with Gasteiger partial charge < -0.3 is 14.7 Å². The Morgan fingerprint density at radius 3 is 2.18 bits per heavy atom. The van der Waals surface area contributed by atoms with Gasteiger partial charge in [0.2, 0.25) is 5.91 Å². The van der Waals surface area contributed by atoms with Crippen LogP contribution in [0.25, 0.3) is 0 Å². The number of urea groups is 1. The minimum atomic E-state index is -0.0978. The molecule has 2 fully saturated rings. The first-order valence-corrected chi connectivity index (χ1v) is 9.89. The van der Waals surface area contributed by atoms with E-state index in [1.54, 1.807) is 9.80 Å². The van der Waals surface area contributed by atoms with Crippen LogP contribution in [0.4, 0.5) is 16.2 Å². The van der Waals surface area contributed by atoms with Gasteiger partial charge in [-0.2, -0.15) is 0 Å². The quantitative estimate of drug-likeness (QED) is 0.795. The van der Waals surface area contributed by atoms with Crippen LogP contribution in [0.15, 0.2) is 54.6 Å². The Bertz CT molecular complexity index is 835. The molecule has 7 heteroatoms. The molecule has 2 heterocycles. The van der Waals surface area contributed by atoms with E-state index in [0.717, 1.165) is 29.5 Å². The molecule has 0 N–H and O–H groups in total. The largest absolute Gasteiger partial charge is 0.368 e. The fraction of sp³-hybridized carbons (Fsp3) is 0.333. The predicted molar refractivity (Wildman–Crippen MR) is 111 cm³/mol. The van der Waals surface area contributed by atoms with Crippen molar-refractivity contribution in [1.82, 2.24) is 9.80 Å². The van der Waals surface area contributed by atoms with Crippen molar-refractivity contribution in [2.45, 2.75) is 0 Å². The van der Waals surface area contributed by atoms with E-state index in [2.05, 4.69) is 4.90 Å². The average Bonchev–Trinajstić information content (AvgIpc) is 3.09. The summed E-state index contributed by atoms with van der Waals surface area (Å²) < 4.78 is 0. The van der Waals surface area contributed by atoms with Gasteiger partial charge in [-0.15, -0.1) is 0 Å². The van der Waals surface area contributed by atoms with E-state index in [9.17, 15) is 9.59 Å². The number of amides is 3. The summed E-state index contributed by atoms with van der Waals surface area (Å²) in [6.07, 6.45) is 0. The number of hydrogen-bond acceptors (Lipinski definition) is 3. The van der Waals surface area contributed by atoms with Crippen molar-refractivity contribution in [1.29, 1.82) is 0 Å². The lowest BCUT2D eigenvalue weighted by Gasteiger charge is -2.36. The number of para-hydroxylation sites is 1. The lowest BCUT2D eigenvalue weighted by molar-refractivity contribution is -0.131. The van der Waals surface area contributed by atoms with Crippen LogP contribution in [-0.2, 0) is 4.79 Å². The maximum absolute atomic E-state index is 12.7. The Morgan fingerprint density at radius 2 is 1.50 bits per heavy atom. The molecule has 3 amide bonds. The third-order valence-corrected chi connectivity index (χ3v) is 5.57. The first-order valence-electron chi connectivity index (χ1n) is 9.51. The van der Waals surface area contributed by atoms with Crippen LogP contribution in [-0.4, -0.2) is 67.6 Å². The summed E-state index contributed by atoms with van der Waals surface area (Å²) in [5, 5.41) is 0.720. The van der Waals surface area contributed by atoms with Gasteiger partial charge in [0.25, 0.3) is 0 Å². The third-order valence-electron chi connectivity index (χ3n) is 5.31. The van der Waals surface area contributed by atoms with Gasteiger partial charge in [0.15, 0.2) is 0 Å². The van der Waals surface area contributed by atoms with Gasteiger partial charge >= 0.3 is 6.03 Å². The highest BCUT2D eigenvalue weighted by atomic mass is 35.5. The second-order valence-electron chi connectivity index (χ2n) is 7.04. The molecule has 2 aliphatic rings. The molecule has 2 saturated heterocycles. The molecule has 0 aliphatic carbocycles. The Hall–Kier alpha value is -2.73. The summed E-state index contributed by atoms with van der Waals surface area (Å²) in [4.78, 5) is 32.8. The van der Waals surface area contributed by atoms with E-state index in [0.29, 0.717) is 26.2 Å². The highest BCUT2D eigenvalue weighted by molar-refractivity contribution is 6.30. The summed E-state index contributed by atoms with van der Waals surface area (Å²) in [5.41, 5.74) is 1.99. The van der Waals surface area contributed by atoms with Gasteiger partial charge in [-0.25, -0.2) is 4.79 Å². The van der Waals surface area contributed by atoms with Crippen LogP contribution in [0.1, 0.15) is 0 Å². The second-order valence-corrected chi connectivity index (χ2v) is 7.47. The van der Waals surface area contributed by atoms with Crippen LogP contribution >= 0.6 is 11.6 Å². The van der Waals surface area contributed by atoms with E-state index in [-0.39, 0.29) is 18.5 Å². The molecule has 0 bridgehead atoms. The van der Waals surface area contributed by atoms with E-state index < -0.39 is 0 Å². The highest BCUT2D eigenvalue weighted by Gasteiger charge is 2.32. The van der Waals surface area contributed by atoms with E-state index >= 15 is 0 Å². The topological polar surface area (TPSA) is 47.1 Å². The van der Waals surface area contributed by atoms with E-state index in [4.69, 9.17) is 11.6 Å². The number of carbonyl (C=O) groups is 2. The number of hydrogen-bond donors (Lipinski definition) is 0. The molecule has 28 heavy (non-hydrogen) atoms. The fourth-order valence-electron chi connectivity index (χ4n) is 3.71. The molecule has 0 aromatic heterocycles. The van der Waals surface area contributed by atoms with Gasteiger partial charge in [0, 0.05) is 55.7 Å². The summed E-state index contributed by atoms with van der Waals surface area (Å²) in [7, 11) is 0. The fourth-order valence-corrected chi connectivity index (χ4v) is 3.83. The minimum Gasteiger partial charge on any atom is -0.368 e. The average molecular weight is 399 g/mol. The monoisotopic (exact) mass is 398 g/mol. The number of anilines is 2. The molecule has 6 nitrogen and oxygen atoms in total. The summed E-state index contributed by atoms with van der Waals surface area (Å²) >= 11 is 5.95. The smallest absolute Gasteiger partial charge is 0.325 e. The Morgan fingerprint density at radius 1 is 0.821 bits per heavy atom. The third kappa shape index (κ3) is 3.92. The maximum Gasteiger partial charge on any atom is 0.325 e. The molecule has 2 aromatic carbocycles. The van der Waals surface area contributed by atoms with Crippen LogP contribution in [0.3, 0.4) is 0 Å². The molecule has 146 valence electrons. The number of rotatable bonds is 4. The second kappa shape index (κ2) is 8.10. The van der Waals surface area contributed by atoms with Crippen LogP contribution in [0, 0.1) is 0 Å². The van der Waals surface area contributed by atoms with Crippen LogP contribution in [0.2, 0.25) is 5.02 Å². The van der Waals surface area contributed by atoms with Gasteiger partial charge in [0.05, 0.1) is 0 Å². The SMILES string of the molecule is O=C(CN1CCN(c2ccccc2)C1=O)N1CCN(c2ccc(Cl)cc2)CC1. The minimum absolute atomic E-state index is 0.0130. The molecular weight excluding hydrogens is 376 g/mol. The highest BCUT2D eigenvalue weighted by Crippen LogP contribution is 2.21. The zero-order chi connectivity index (χ0) is 19.5. The van der Waals surface area contributed by atoms with Crippen molar-refractivity contribution in [3.8, 4) is 0 Å². The van der Waals surface area contributed by atoms with Crippen molar-refractivity contribution in [2.24, 2.45) is 0 Å². The van der Waals surface area contributed by atoms with E-state index in [1.807, 2.05) is 59.5 Å². The Labute approximate surface area is 169 Å². The number of piperazine rings is 1. The van der Waals surface area contributed by atoms with Gasteiger partial charge in [-0.05, 0) is 36.4 Å². The Kier molecular flexibility index (Phi) is 5.39. The normalized spacial score (nSPS) is 17.4. The molecule has 0 saturated carbocycles. The van der Waals surface area contributed by atoms with Crippen molar-refractivity contribution < 1.29 is 9.59 Å². The van der Waals surface area contributed by atoms with Crippen molar-refractivity contribution in [2.75, 3.05) is 55.6 Å². The Balaban J connectivity index is 1.30. The van der Waals surface area contributed by atoms with Gasteiger partial charge in [-0.1, -0.05) is 29.8 Å². The van der Waals surface area contributed by atoms with Gasteiger partial charge in [-0.3, -0.25) is 9.69 Å². The van der Waals surface area contributed by atoms with Crippen molar-refractivity contribution in [3.63, 3.8) is 0 Å². The predicted octanol–water partition coefficient (Wildman–Crippen LogP) is 2.93. The molecule has 2 aromatic rings. The maximum atomic E-state index is 12.7. The molecule has 2 aliphatic heterocycles. The van der Waals surface area contributed by atoms with Crippen molar-refractivity contribution in [3.05, 3.63) is 59.6 Å². The lowest BCUT2D eigenvalue weighted by atomic mass is 10.2. The standard InChI is InChI=1S/C21H23ClN4O2/c22-17-6-8-18(9-7-17)23-10-12-24(13-11-23)20(27)16-25-14-15-26(21(25)28)19-4-2-1-3-5-19/h1-9H,10-16H2. The lowest BCUT2D eigenvalue weighted by Crippen LogP contribution is -2.51. The van der Waals surface area contributed by atoms with Crippen LogP contribution in [0.5, 0.6) is 0 Å². The number of nitrogens with zero attached hydrogens (tertiary/aromatic N) is 4. The first-order chi connectivity index (χ1) is 13.6. The molecule has 0 spiro atoms. The molecule has 0 radical (unpaired) electrons. The zero-order valence-electron chi connectivity index (χ0n) is 15.6. The van der Waals surface area contributed by atoms with E-state index in [1.165, 1.54) is 0 Å². The molecule has 0 atom stereocenters. The number of carbonyl (C=O) groups excluding carboxylic acids is 2. The van der Waals surface area contributed by atoms with Gasteiger partial charge in [0.1, 0.15) is 6.54 Å². The number of halogens is 1.